The number of carbonyl (C=O) groups excluding carboxylic acids is 2. The van der Waals surface area contributed by atoms with Gasteiger partial charge < -0.3 is 20.2 Å². The number of carboxylic acids is 3. The van der Waals surface area contributed by atoms with Gasteiger partial charge in [0.2, 0.25) is 11.7 Å². The van der Waals surface area contributed by atoms with E-state index in [-0.39, 0.29) is 12.5 Å². The van der Waals surface area contributed by atoms with Gasteiger partial charge >= 0.3 is 17.9 Å². The van der Waals surface area contributed by atoms with E-state index in [2.05, 4.69) is 5.32 Å². The second kappa shape index (κ2) is 13.0. The number of Topliss-reactive ketones (excluding diaryl/α,β-unsaturated/α-hetero) is 1. The Balaban J connectivity index is 0.00000122. The van der Waals surface area contributed by atoms with Crippen molar-refractivity contribution in [2.75, 3.05) is 6.54 Å². The second-order valence-corrected chi connectivity index (χ2v) is 6.88. The summed E-state index contributed by atoms with van der Waals surface area (Å²) < 4.78 is 0. The summed E-state index contributed by atoms with van der Waals surface area (Å²) in [5.74, 6) is -5.00. The molecule has 2 atom stereocenters. The molecule has 0 saturated heterocycles. The average molecular weight is 424 g/mol. The topological polar surface area (TPSA) is 161 Å². The number of hydrogen-bond donors (Lipinski definition) is 4. The zero-order valence-electron chi connectivity index (χ0n) is 17.4. The maximum absolute atomic E-state index is 12.8. The molecule has 0 spiro atoms. The van der Waals surface area contributed by atoms with Crippen molar-refractivity contribution in [2.45, 2.75) is 46.3 Å². The second-order valence-electron chi connectivity index (χ2n) is 6.88. The van der Waals surface area contributed by atoms with E-state index in [0.29, 0.717) is 0 Å². The van der Waals surface area contributed by atoms with Gasteiger partial charge in [0.15, 0.2) is 0 Å². The summed E-state index contributed by atoms with van der Waals surface area (Å²) in [6, 6.07) is 7.37. The standard InChI is InChI=1S/C17H24N2O5.C3H4O3/c1-11(2)15(18-12(3)17(23)24)16(22)19(10-14(20)21)9-13-7-5-4-6-8-13;1-2(4)3(5)6/h4-8,11-12,15,18H,9-10H2,1-3H3,(H,20,21)(H,23,24);1H3,(H,5,6)/t12?,15-;/m0./s1. The van der Waals surface area contributed by atoms with Crippen LogP contribution in [0.25, 0.3) is 0 Å². The lowest BCUT2D eigenvalue weighted by molar-refractivity contribution is -0.148. The average Bonchev–Trinajstić information content (AvgIpc) is 2.65. The van der Waals surface area contributed by atoms with Gasteiger partial charge in [-0.3, -0.25) is 24.5 Å². The first-order chi connectivity index (χ1) is 13.9. The van der Waals surface area contributed by atoms with Gasteiger partial charge in [-0.25, -0.2) is 4.79 Å². The predicted octanol–water partition coefficient (Wildman–Crippen LogP) is 0.847. The third kappa shape index (κ3) is 10.3. The molecular weight excluding hydrogens is 396 g/mol. The van der Waals surface area contributed by atoms with E-state index in [0.717, 1.165) is 12.5 Å². The van der Waals surface area contributed by atoms with Gasteiger partial charge in [0.05, 0.1) is 6.04 Å². The molecular formula is C20H28N2O8. The number of nitrogens with one attached hydrogen (secondary N) is 1. The number of carboxylic acid groups (broad SMARTS) is 3. The van der Waals surface area contributed by atoms with Crippen LogP contribution in [-0.4, -0.2) is 68.4 Å². The third-order valence-electron chi connectivity index (χ3n) is 3.89. The van der Waals surface area contributed by atoms with Crippen LogP contribution in [0.1, 0.15) is 33.3 Å². The number of aliphatic carboxylic acids is 3. The number of benzene rings is 1. The van der Waals surface area contributed by atoms with Crippen molar-refractivity contribution in [2.24, 2.45) is 5.92 Å². The first-order valence-corrected chi connectivity index (χ1v) is 9.14. The van der Waals surface area contributed by atoms with Crippen LogP contribution >= 0.6 is 0 Å². The van der Waals surface area contributed by atoms with Gasteiger partial charge in [0, 0.05) is 13.5 Å². The van der Waals surface area contributed by atoms with Gasteiger partial charge in [0.25, 0.3) is 0 Å². The Morgan fingerprint density at radius 1 is 0.967 bits per heavy atom. The Hall–Kier alpha value is -3.27. The molecule has 0 fully saturated rings. The zero-order chi connectivity index (χ0) is 23.4. The number of rotatable bonds is 10. The normalized spacial score (nSPS) is 12.2. The van der Waals surface area contributed by atoms with E-state index < -0.39 is 48.2 Å². The maximum atomic E-state index is 12.8. The van der Waals surface area contributed by atoms with Gasteiger partial charge in [-0.15, -0.1) is 0 Å². The Morgan fingerprint density at radius 2 is 1.47 bits per heavy atom. The summed E-state index contributed by atoms with van der Waals surface area (Å²) in [6.45, 7) is 5.72. The third-order valence-corrected chi connectivity index (χ3v) is 3.89. The molecule has 166 valence electrons. The largest absolute Gasteiger partial charge is 0.480 e. The summed E-state index contributed by atoms with van der Waals surface area (Å²) in [6.07, 6.45) is 0. The Kier molecular flexibility index (Phi) is 11.6. The molecule has 1 aromatic rings. The molecule has 0 radical (unpaired) electrons. The van der Waals surface area contributed by atoms with Crippen molar-refractivity contribution in [3.8, 4) is 0 Å². The Morgan fingerprint density at radius 3 is 1.83 bits per heavy atom. The smallest absolute Gasteiger partial charge is 0.371 e. The fourth-order valence-electron chi connectivity index (χ4n) is 2.27. The van der Waals surface area contributed by atoms with Crippen LogP contribution in [0.2, 0.25) is 0 Å². The Labute approximate surface area is 174 Å². The highest BCUT2D eigenvalue weighted by Gasteiger charge is 2.30. The van der Waals surface area contributed by atoms with Crippen LogP contribution in [0.15, 0.2) is 30.3 Å². The first kappa shape index (κ1) is 26.7. The molecule has 1 aromatic carbocycles. The molecule has 0 aromatic heterocycles. The van der Waals surface area contributed by atoms with Crippen LogP contribution in [-0.2, 0) is 30.5 Å². The minimum Gasteiger partial charge on any atom is -0.480 e. The summed E-state index contributed by atoms with van der Waals surface area (Å²) in [5.41, 5.74) is 0.806. The summed E-state index contributed by atoms with van der Waals surface area (Å²) in [5, 5.41) is 28.5. The van der Waals surface area contributed by atoms with Gasteiger partial charge in [-0.2, -0.15) is 0 Å². The molecule has 0 aliphatic carbocycles. The number of nitrogens with zero attached hydrogens (tertiary/aromatic N) is 1. The van der Waals surface area contributed by atoms with Crippen LogP contribution in [0.5, 0.6) is 0 Å². The van der Waals surface area contributed by atoms with Crippen LogP contribution in [0, 0.1) is 5.92 Å². The van der Waals surface area contributed by atoms with Crippen molar-refractivity contribution in [3.05, 3.63) is 35.9 Å². The van der Waals surface area contributed by atoms with E-state index >= 15 is 0 Å². The number of hydrogen-bond acceptors (Lipinski definition) is 6. The summed E-state index contributed by atoms with van der Waals surface area (Å²) in [7, 11) is 0. The molecule has 10 nitrogen and oxygen atoms in total. The molecule has 0 heterocycles. The molecule has 10 heteroatoms. The van der Waals surface area contributed by atoms with Crippen molar-refractivity contribution >= 4 is 29.6 Å². The predicted molar refractivity (Wildman–Crippen MR) is 107 cm³/mol. The maximum Gasteiger partial charge on any atom is 0.371 e. The highest BCUT2D eigenvalue weighted by atomic mass is 16.4. The van der Waals surface area contributed by atoms with E-state index in [1.807, 2.05) is 18.2 Å². The summed E-state index contributed by atoms with van der Waals surface area (Å²) >= 11 is 0. The molecule has 0 saturated carbocycles. The number of carbonyl (C=O) groups is 5. The van der Waals surface area contributed by atoms with Crippen molar-refractivity contribution in [1.82, 2.24) is 10.2 Å². The van der Waals surface area contributed by atoms with E-state index in [1.165, 1.54) is 11.8 Å². The zero-order valence-corrected chi connectivity index (χ0v) is 17.4. The molecule has 1 rings (SSSR count). The molecule has 4 N–H and O–H groups in total. The molecule has 0 aliphatic rings. The van der Waals surface area contributed by atoms with Crippen LogP contribution in [0.3, 0.4) is 0 Å². The fourth-order valence-corrected chi connectivity index (χ4v) is 2.27. The molecule has 1 amide bonds. The number of ketones is 1. The van der Waals surface area contributed by atoms with E-state index in [1.54, 1.807) is 26.0 Å². The minimum absolute atomic E-state index is 0.151. The van der Waals surface area contributed by atoms with Crippen molar-refractivity contribution in [1.29, 1.82) is 0 Å². The summed E-state index contributed by atoms with van der Waals surface area (Å²) in [4.78, 5) is 55.1. The lowest BCUT2D eigenvalue weighted by Gasteiger charge is -2.30. The monoisotopic (exact) mass is 424 g/mol. The fraction of sp³-hybridized carbons (Fsp3) is 0.450. The Bertz CT molecular complexity index is 736. The van der Waals surface area contributed by atoms with Crippen LogP contribution in [0.4, 0.5) is 0 Å². The van der Waals surface area contributed by atoms with Crippen molar-refractivity contribution in [3.63, 3.8) is 0 Å². The molecule has 0 bridgehead atoms. The van der Waals surface area contributed by atoms with Gasteiger partial charge in [0.1, 0.15) is 12.6 Å². The molecule has 30 heavy (non-hydrogen) atoms. The van der Waals surface area contributed by atoms with Crippen LogP contribution < -0.4 is 5.32 Å². The van der Waals surface area contributed by atoms with E-state index in [4.69, 9.17) is 15.3 Å². The first-order valence-electron chi connectivity index (χ1n) is 9.14. The van der Waals surface area contributed by atoms with E-state index in [9.17, 15) is 24.0 Å². The highest BCUT2D eigenvalue weighted by molar-refractivity contribution is 6.31. The highest BCUT2D eigenvalue weighted by Crippen LogP contribution is 2.11. The SMILES string of the molecule is CC(=O)C(=O)O.CC(N[C@H](C(=O)N(CC(=O)O)Cc1ccccc1)C(C)C)C(=O)O. The quantitative estimate of drug-likeness (QED) is 0.399. The molecule has 1 unspecified atom stereocenters. The van der Waals surface area contributed by atoms with Gasteiger partial charge in [-0.05, 0) is 18.4 Å². The number of amides is 1. The lowest BCUT2D eigenvalue weighted by Crippen LogP contribution is -2.54. The lowest BCUT2D eigenvalue weighted by atomic mass is 10.0. The van der Waals surface area contributed by atoms with Crippen molar-refractivity contribution < 1.29 is 39.3 Å². The molecule has 0 aliphatic heterocycles. The van der Waals surface area contributed by atoms with Gasteiger partial charge in [-0.1, -0.05) is 44.2 Å². The minimum atomic E-state index is -1.38.